The van der Waals surface area contributed by atoms with Gasteiger partial charge in [0.25, 0.3) is 0 Å². The van der Waals surface area contributed by atoms with Crippen LogP contribution in [0.1, 0.15) is 64.2 Å². The SMILES string of the molecule is O=C(CC1CCCC1)NC1(CBr)CCCCC1. The highest BCUT2D eigenvalue weighted by molar-refractivity contribution is 9.09. The summed E-state index contributed by atoms with van der Waals surface area (Å²) in [6.45, 7) is 0. The van der Waals surface area contributed by atoms with Crippen molar-refractivity contribution in [1.29, 1.82) is 0 Å². The Morgan fingerprint density at radius 3 is 2.35 bits per heavy atom. The Bertz CT molecular complexity index is 255. The minimum atomic E-state index is 0.0634. The molecule has 0 heterocycles. The summed E-state index contributed by atoms with van der Waals surface area (Å²) in [5.41, 5.74) is 0.0634. The fraction of sp³-hybridized carbons (Fsp3) is 0.929. The maximum atomic E-state index is 12.1. The fourth-order valence-electron chi connectivity index (χ4n) is 3.34. The molecule has 2 aliphatic rings. The summed E-state index contributed by atoms with van der Waals surface area (Å²) >= 11 is 3.59. The number of rotatable bonds is 4. The molecule has 0 aromatic carbocycles. The first-order valence-corrected chi connectivity index (χ1v) is 8.23. The minimum Gasteiger partial charge on any atom is -0.350 e. The molecule has 0 radical (unpaired) electrons. The molecule has 0 aromatic heterocycles. The van der Waals surface area contributed by atoms with E-state index in [0.717, 1.165) is 24.6 Å². The molecule has 2 nitrogen and oxygen atoms in total. The molecule has 0 unspecified atom stereocenters. The van der Waals surface area contributed by atoms with Crippen LogP contribution in [-0.4, -0.2) is 16.8 Å². The van der Waals surface area contributed by atoms with Gasteiger partial charge in [-0.3, -0.25) is 4.79 Å². The van der Waals surface area contributed by atoms with Crippen molar-refractivity contribution in [2.24, 2.45) is 5.92 Å². The lowest BCUT2D eigenvalue weighted by molar-refractivity contribution is -0.124. The van der Waals surface area contributed by atoms with Crippen molar-refractivity contribution in [3.8, 4) is 0 Å². The number of halogens is 1. The van der Waals surface area contributed by atoms with Crippen LogP contribution in [-0.2, 0) is 4.79 Å². The van der Waals surface area contributed by atoms with Crippen LogP contribution in [0.3, 0.4) is 0 Å². The second-order valence-electron chi connectivity index (χ2n) is 5.88. The Hall–Kier alpha value is -0.0500. The lowest BCUT2D eigenvalue weighted by atomic mass is 9.83. The molecule has 0 aromatic rings. The Balaban J connectivity index is 1.82. The van der Waals surface area contributed by atoms with E-state index in [-0.39, 0.29) is 5.54 Å². The smallest absolute Gasteiger partial charge is 0.220 e. The maximum Gasteiger partial charge on any atom is 0.220 e. The first-order chi connectivity index (χ1) is 8.24. The van der Waals surface area contributed by atoms with Crippen LogP contribution in [0.2, 0.25) is 0 Å². The quantitative estimate of drug-likeness (QED) is 0.787. The molecule has 2 saturated carbocycles. The second-order valence-corrected chi connectivity index (χ2v) is 6.44. The molecule has 0 bridgehead atoms. The molecule has 1 N–H and O–H groups in total. The van der Waals surface area contributed by atoms with Crippen LogP contribution in [0.15, 0.2) is 0 Å². The van der Waals surface area contributed by atoms with Crippen LogP contribution < -0.4 is 5.32 Å². The molecule has 3 heteroatoms. The third kappa shape index (κ3) is 3.70. The Kier molecular flexibility index (Phi) is 4.89. The monoisotopic (exact) mass is 301 g/mol. The van der Waals surface area contributed by atoms with Gasteiger partial charge in [-0.15, -0.1) is 0 Å². The number of alkyl halides is 1. The summed E-state index contributed by atoms with van der Waals surface area (Å²) in [6.07, 6.45) is 12.1. The van der Waals surface area contributed by atoms with Crippen molar-refractivity contribution < 1.29 is 4.79 Å². The summed E-state index contributed by atoms with van der Waals surface area (Å²) in [4.78, 5) is 12.1. The molecule has 17 heavy (non-hydrogen) atoms. The van der Waals surface area contributed by atoms with E-state index in [2.05, 4.69) is 21.2 Å². The van der Waals surface area contributed by atoms with Crippen molar-refractivity contribution in [3.05, 3.63) is 0 Å². The molecule has 98 valence electrons. The molecule has 2 fully saturated rings. The first-order valence-electron chi connectivity index (χ1n) is 7.11. The van der Waals surface area contributed by atoms with Gasteiger partial charge in [-0.25, -0.2) is 0 Å². The summed E-state index contributed by atoms with van der Waals surface area (Å²) in [5, 5.41) is 4.24. The highest BCUT2D eigenvalue weighted by Crippen LogP contribution is 2.31. The molecule has 1 amide bonds. The highest BCUT2D eigenvalue weighted by Gasteiger charge is 2.33. The molecule has 0 spiro atoms. The summed E-state index contributed by atoms with van der Waals surface area (Å²) in [7, 11) is 0. The van der Waals surface area contributed by atoms with Crippen LogP contribution in [0.25, 0.3) is 0 Å². The Morgan fingerprint density at radius 2 is 1.76 bits per heavy atom. The molecular weight excluding hydrogens is 278 g/mol. The van der Waals surface area contributed by atoms with E-state index in [1.165, 1.54) is 44.9 Å². The predicted molar refractivity (Wildman–Crippen MR) is 74.3 cm³/mol. The lowest BCUT2D eigenvalue weighted by Gasteiger charge is -2.37. The fourth-order valence-corrected chi connectivity index (χ4v) is 4.04. The average molecular weight is 302 g/mol. The summed E-state index contributed by atoms with van der Waals surface area (Å²) in [6, 6.07) is 0. The zero-order chi connectivity index (χ0) is 12.1. The van der Waals surface area contributed by atoms with Crippen molar-refractivity contribution in [2.75, 3.05) is 5.33 Å². The van der Waals surface area contributed by atoms with Gasteiger partial charge in [0.1, 0.15) is 0 Å². The number of carbonyl (C=O) groups excluding carboxylic acids is 1. The van der Waals surface area contributed by atoms with E-state index in [9.17, 15) is 4.79 Å². The van der Waals surface area contributed by atoms with Gasteiger partial charge in [0, 0.05) is 17.3 Å². The first kappa shape index (κ1) is 13.4. The number of nitrogens with one attached hydrogen (secondary N) is 1. The number of amides is 1. The predicted octanol–water partition coefficient (Wildman–Crippen LogP) is 3.78. The number of hydrogen-bond acceptors (Lipinski definition) is 1. The van der Waals surface area contributed by atoms with Gasteiger partial charge in [0.05, 0.1) is 0 Å². The molecule has 0 saturated heterocycles. The van der Waals surface area contributed by atoms with Gasteiger partial charge in [-0.05, 0) is 31.6 Å². The third-order valence-corrected chi connectivity index (χ3v) is 5.49. The van der Waals surface area contributed by atoms with Crippen LogP contribution >= 0.6 is 15.9 Å². The van der Waals surface area contributed by atoms with Crippen molar-refractivity contribution in [3.63, 3.8) is 0 Å². The van der Waals surface area contributed by atoms with Gasteiger partial charge >= 0.3 is 0 Å². The maximum absolute atomic E-state index is 12.1. The topological polar surface area (TPSA) is 29.1 Å². The van der Waals surface area contributed by atoms with E-state index in [0.29, 0.717) is 11.8 Å². The van der Waals surface area contributed by atoms with Crippen molar-refractivity contribution >= 4 is 21.8 Å². The molecule has 2 rings (SSSR count). The van der Waals surface area contributed by atoms with Crippen LogP contribution in [0.4, 0.5) is 0 Å². The lowest BCUT2D eigenvalue weighted by Crippen LogP contribution is -2.51. The van der Waals surface area contributed by atoms with Gasteiger partial charge in [0.15, 0.2) is 0 Å². The third-order valence-electron chi connectivity index (χ3n) is 4.42. The van der Waals surface area contributed by atoms with E-state index < -0.39 is 0 Å². The van der Waals surface area contributed by atoms with Crippen molar-refractivity contribution in [2.45, 2.75) is 69.7 Å². The second kappa shape index (κ2) is 6.21. The zero-order valence-corrected chi connectivity index (χ0v) is 12.2. The molecule has 0 atom stereocenters. The molecule has 0 aliphatic heterocycles. The standard InChI is InChI=1S/C14H24BrNO/c15-11-14(8-4-1-5-9-14)16-13(17)10-12-6-2-3-7-12/h12H,1-11H2,(H,16,17). The Morgan fingerprint density at radius 1 is 1.12 bits per heavy atom. The van der Waals surface area contributed by atoms with Gasteiger partial charge in [-0.1, -0.05) is 48.0 Å². The van der Waals surface area contributed by atoms with Crippen molar-refractivity contribution in [1.82, 2.24) is 5.32 Å². The van der Waals surface area contributed by atoms with Gasteiger partial charge in [-0.2, -0.15) is 0 Å². The number of hydrogen-bond donors (Lipinski definition) is 1. The largest absolute Gasteiger partial charge is 0.350 e. The minimum absolute atomic E-state index is 0.0634. The Labute approximate surface area is 113 Å². The summed E-state index contributed by atoms with van der Waals surface area (Å²) < 4.78 is 0. The average Bonchev–Trinajstić information content (AvgIpc) is 2.83. The van der Waals surface area contributed by atoms with Crippen LogP contribution in [0.5, 0.6) is 0 Å². The normalized spacial score (nSPS) is 24.8. The molecular formula is C14H24BrNO. The highest BCUT2D eigenvalue weighted by atomic mass is 79.9. The van der Waals surface area contributed by atoms with E-state index in [1.807, 2.05) is 0 Å². The molecule has 2 aliphatic carbocycles. The van der Waals surface area contributed by atoms with Gasteiger partial charge < -0.3 is 5.32 Å². The van der Waals surface area contributed by atoms with E-state index in [1.54, 1.807) is 0 Å². The van der Waals surface area contributed by atoms with Gasteiger partial charge in [0.2, 0.25) is 5.91 Å². The summed E-state index contributed by atoms with van der Waals surface area (Å²) in [5.74, 6) is 0.948. The van der Waals surface area contributed by atoms with Crippen LogP contribution in [0, 0.1) is 5.92 Å². The zero-order valence-electron chi connectivity index (χ0n) is 10.6. The van der Waals surface area contributed by atoms with E-state index >= 15 is 0 Å². The van der Waals surface area contributed by atoms with E-state index in [4.69, 9.17) is 0 Å². The number of carbonyl (C=O) groups is 1.